The van der Waals surface area contributed by atoms with Crippen molar-refractivity contribution in [2.24, 2.45) is 12.8 Å². The lowest BCUT2D eigenvalue weighted by atomic mass is 10.5. The van der Waals surface area contributed by atoms with E-state index in [1.165, 1.54) is 0 Å². The van der Waals surface area contributed by atoms with E-state index in [-0.39, 0.29) is 0 Å². The summed E-state index contributed by atoms with van der Waals surface area (Å²) in [4.78, 5) is 0. The van der Waals surface area contributed by atoms with Crippen molar-refractivity contribution in [3.05, 3.63) is 12.2 Å². The summed E-state index contributed by atoms with van der Waals surface area (Å²) >= 11 is 0. The predicted octanol–water partition coefficient (Wildman–Crippen LogP) is -1.14. The van der Waals surface area contributed by atoms with Gasteiger partial charge in [-0.3, -0.25) is 0 Å². The number of aromatic nitrogens is 3. The van der Waals surface area contributed by atoms with Crippen LogP contribution < -0.4 is 11.1 Å². The summed E-state index contributed by atoms with van der Waals surface area (Å²) in [5.41, 5.74) is 5.30. The van der Waals surface area contributed by atoms with Crippen molar-refractivity contribution in [1.29, 1.82) is 0 Å². The molecule has 62 valence electrons. The fraction of sp³-hybridized carbons (Fsp3) is 0.667. The lowest BCUT2D eigenvalue weighted by Gasteiger charge is -2.00. The number of nitrogens with zero attached hydrogens (tertiary/aromatic N) is 3. The Bertz CT molecular complexity index is 206. The van der Waals surface area contributed by atoms with Gasteiger partial charge in [0, 0.05) is 20.1 Å². The van der Waals surface area contributed by atoms with Crippen LogP contribution in [0.15, 0.2) is 6.33 Å². The molecule has 0 aliphatic rings. The molecule has 1 aromatic rings. The van der Waals surface area contributed by atoms with Crippen molar-refractivity contribution >= 4 is 0 Å². The average Bonchev–Trinajstić information content (AvgIpc) is 2.37. The van der Waals surface area contributed by atoms with E-state index in [1.807, 2.05) is 11.6 Å². The van der Waals surface area contributed by atoms with E-state index >= 15 is 0 Å². The molecule has 0 unspecified atom stereocenters. The third-order valence-electron chi connectivity index (χ3n) is 1.41. The number of nitrogens with two attached hydrogens (primary N) is 1. The average molecular weight is 155 g/mol. The number of hydrogen-bond acceptors (Lipinski definition) is 4. The molecule has 0 saturated carbocycles. The predicted molar refractivity (Wildman–Crippen MR) is 41.8 cm³/mol. The quantitative estimate of drug-likeness (QED) is 0.539. The highest BCUT2D eigenvalue weighted by atomic mass is 15.3. The van der Waals surface area contributed by atoms with E-state index in [2.05, 4.69) is 15.5 Å². The Morgan fingerprint density at radius 3 is 3.09 bits per heavy atom. The van der Waals surface area contributed by atoms with E-state index in [0.29, 0.717) is 6.54 Å². The zero-order valence-electron chi connectivity index (χ0n) is 6.62. The van der Waals surface area contributed by atoms with Crippen molar-refractivity contribution in [3.8, 4) is 0 Å². The molecule has 0 atom stereocenters. The molecule has 1 aromatic heterocycles. The largest absolute Gasteiger partial charge is 0.329 e. The summed E-state index contributed by atoms with van der Waals surface area (Å²) < 4.78 is 1.88. The zero-order chi connectivity index (χ0) is 8.10. The van der Waals surface area contributed by atoms with Gasteiger partial charge in [-0.25, -0.2) is 0 Å². The van der Waals surface area contributed by atoms with Gasteiger partial charge in [-0.15, -0.1) is 10.2 Å². The second-order valence-corrected chi connectivity index (χ2v) is 2.32. The first kappa shape index (κ1) is 8.16. The maximum absolute atomic E-state index is 5.30. The van der Waals surface area contributed by atoms with Crippen LogP contribution in [0.2, 0.25) is 0 Å². The SMILES string of the molecule is Cn1cnnc1CNCCN. The second-order valence-electron chi connectivity index (χ2n) is 2.32. The van der Waals surface area contributed by atoms with E-state index < -0.39 is 0 Å². The fourth-order valence-corrected chi connectivity index (χ4v) is 0.769. The zero-order valence-corrected chi connectivity index (χ0v) is 6.62. The van der Waals surface area contributed by atoms with Crippen LogP contribution in [0.1, 0.15) is 5.82 Å². The summed E-state index contributed by atoms with van der Waals surface area (Å²) in [5.74, 6) is 0.929. The molecule has 0 saturated heterocycles. The van der Waals surface area contributed by atoms with Gasteiger partial charge in [0.1, 0.15) is 12.2 Å². The molecule has 0 bridgehead atoms. The minimum absolute atomic E-state index is 0.651. The number of rotatable bonds is 4. The van der Waals surface area contributed by atoms with Crippen molar-refractivity contribution in [1.82, 2.24) is 20.1 Å². The number of aryl methyl sites for hydroxylation is 1. The molecule has 0 fully saturated rings. The first-order chi connectivity index (χ1) is 5.34. The standard InChI is InChI=1S/C6H13N5/c1-11-5-9-10-6(11)4-8-3-2-7/h5,8H,2-4,7H2,1H3. The molecule has 1 heterocycles. The Hall–Kier alpha value is -0.940. The van der Waals surface area contributed by atoms with Crippen LogP contribution in [0.5, 0.6) is 0 Å². The van der Waals surface area contributed by atoms with E-state index in [1.54, 1.807) is 6.33 Å². The highest BCUT2D eigenvalue weighted by molar-refractivity contribution is 4.82. The topological polar surface area (TPSA) is 68.8 Å². The van der Waals surface area contributed by atoms with Gasteiger partial charge in [-0.1, -0.05) is 0 Å². The molecular weight excluding hydrogens is 142 g/mol. The van der Waals surface area contributed by atoms with Crippen molar-refractivity contribution in [2.75, 3.05) is 13.1 Å². The minimum atomic E-state index is 0.651. The number of nitrogens with one attached hydrogen (secondary N) is 1. The van der Waals surface area contributed by atoms with Gasteiger partial charge in [0.2, 0.25) is 0 Å². The summed E-state index contributed by atoms with van der Waals surface area (Å²) in [7, 11) is 1.92. The van der Waals surface area contributed by atoms with Gasteiger partial charge in [-0.2, -0.15) is 0 Å². The van der Waals surface area contributed by atoms with Crippen LogP contribution in [0.4, 0.5) is 0 Å². The van der Waals surface area contributed by atoms with Crippen LogP contribution in [0.25, 0.3) is 0 Å². The highest BCUT2D eigenvalue weighted by Crippen LogP contribution is 1.88. The van der Waals surface area contributed by atoms with E-state index in [4.69, 9.17) is 5.73 Å². The summed E-state index contributed by atoms with van der Waals surface area (Å²) in [6.07, 6.45) is 1.68. The molecule has 11 heavy (non-hydrogen) atoms. The Labute approximate surface area is 65.6 Å². The molecular formula is C6H13N5. The molecule has 5 heteroatoms. The van der Waals surface area contributed by atoms with Gasteiger partial charge in [0.15, 0.2) is 0 Å². The van der Waals surface area contributed by atoms with Crippen LogP contribution in [-0.4, -0.2) is 27.9 Å². The minimum Gasteiger partial charge on any atom is -0.329 e. The van der Waals surface area contributed by atoms with Gasteiger partial charge in [-0.05, 0) is 0 Å². The van der Waals surface area contributed by atoms with Crippen LogP contribution in [-0.2, 0) is 13.6 Å². The molecule has 5 nitrogen and oxygen atoms in total. The van der Waals surface area contributed by atoms with Gasteiger partial charge in [0.05, 0.1) is 6.54 Å². The normalized spacial score (nSPS) is 10.4. The molecule has 3 N–H and O–H groups in total. The third kappa shape index (κ3) is 2.28. The molecule has 0 spiro atoms. The first-order valence-electron chi connectivity index (χ1n) is 3.58. The first-order valence-corrected chi connectivity index (χ1v) is 3.58. The third-order valence-corrected chi connectivity index (χ3v) is 1.41. The Morgan fingerprint density at radius 2 is 2.55 bits per heavy atom. The Morgan fingerprint density at radius 1 is 1.73 bits per heavy atom. The maximum atomic E-state index is 5.30. The molecule has 0 aliphatic carbocycles. The summed E-state index contributed by atoms with van der Waals surface area (Å²) in [6.45, 7) is 2.19. The Kier molecular flexibility index (Phi) is 3.00. The van der Waals surface area contributed by atoms with E-state index in [0.717, 1.165) is 18.9 Å². The Balaban J connectivity index is 2.32. The van der Waals surface area contributed by atoms with Gasteiger partial charge >= 0.3 is 0 Å². The molecule has 0 aromatic carbocycles. The van der Waals surface area contributed by atoms with Crippen LogP contribution in [0, 0.1) is 0 Å². The van der Waals surface area contributed by atoms with Crippen LogP contribution in [0.3, 0.4) is 0 Å². The number of hydrogen-bond donors (Lipinski definition) is 2. The van der Waals surface area contributed by atoms with E-state index in [9.17, 15) is 0 Å². The smallest absolute Gasteiger partial charge is 0.146 e. The molecule has 1 rings (SSSR count). The summed E-state index contributed by atoms with van der Waals surface area (Å²) in [6, 6.07) is 0. The lowest BCUT2D eigenvalue weighted by Crippen LogP contribution is -2.23. The van der Waals surface area contributed by atoms with Crippen molar-refractivity contribution < 1.29 is 0 Å². The van der Waals surface area contributed by atoms with Gasteiger partial charge in [0.25, 0.3) is 0 Å². The van der Waals surface area contributed by atoms with Crippen molar-refractivity contribution in [3.63, 3.8) is 0 Å². The summed E-state index contributed by atoms with van der Waals surface area (Å²) in [5, 5.41) is 10.8. The van der Waals surface area contributed by atoms with Gasteiger partial charge < -0.3 is 15.6 Å². The molecule has 0 aliphatic heterocycles. The second kappa shape index (κ2) is 4.05. The highest BCUT2D eigenvalue weighted by Gasteiger charge is 1.97. The molecule has 0 amide bonds. The van der Waals surface area contributed by atoms with Crippen LogP contribution >= 0.6 is 0 Å². The fourth-order valence-electron chi connectivity index (χ4n) is 0.769. The monoisotopic (exact) mass is 155 g/mol. The van der Waals surface area contributed by atoms with Crippen molar-refractivity contribution in [2.45, 2.75) is 6.54 Å². The maximum Gasteiger partial charge on any atom is 0.146 e. The molecule has 0 radical (unpaired) electrons. The lowest BCUT2D eigenvalue weighted by molar-refractivity contribution is 0.641.